The normalized spacial score (nSPS) is 29.4. The zero-order valence-corrected chi connectivity index (χ0v) is 45.2. The van der Waals surface area contributed by atoms with Gasteiger partial charge in [-0.25, -0.2) is 4.39 Å². The van der Waals surface area contributed by atoms with Gasteiger partial charge in [-0.05, 0) is 179 Å². The molecule has 3 aliphatic carbocycles. The van der Waals surface area contributed by atoms with Crippen molar-refractivity contribution in [3.63, 3.8) is 0 Å². The van der Waals surface area contributed by atoms with Crippen LogP contribution in [0.3, 0.4) is 0 Å². The number of halogens is 1. The molecule has 3 aliphatic heterocycles. The molecule has 6 atom stereocenters. The van der Waals surface area contributed by atoms with Gasteiger partial charge < -0.3 is 18.9 Å². The van der Waals surface area contributed by atoms with Crippen LogP contribution in [0.4, 0.5) is 4.39 Å². The fourth-order valence-electron chi connectivity index (χ4n) is 7.68. The molecule has 8 rings (SSSR count). The first kappa shape index (κ1) is 60.7. The molecule has 0 radical (unpaired) electrons. The molecule has 6 aliphatic rings. The van der Waals surface area contributed by atoms with Crippen molar-refractivity contribution in [2.24, 2.45) is 41.4 Å². The fourth-order valence-corrected chi connectivity index (χ4v) is 7.68. The molecule has 1 saturated carbocycles. The monoisotopic (exact) mass is 909 g/mol. The molecule has 5 heteroatoms. The highest BCUT2D eigenvalue weighted by Gasteiger charge is 2.16. The largest absolute Gasteiger partial charge is 0.378 e. The molecule has 0 spiro atoms. The summed E-state index contributed by atoms with van der Waals surface area (Å²) in [5.41, 5.74) is 7.51. The molecule has 0 amide bonds. The first-order valence-corrected chi connectivity index (χ1v) is 26.3. The molecule has 3 heterocycles. The van der Waals surface area contributed by atoms with E-state index in [9.17, 15) is 4.39 Å². The van der Waals surface area contributed by atoms with E-state index in [-0.39, 0.29) is 13.5 Å². The Labute approximate surface area is 404 Å². The number of rotatable bonds is 0. The van der Waals surface area contributed by atoms with Crippen LogP contribution >= 0.6 is 0 Å². The lowest BCUT2D eigenvalue weighted by molar-refractivity contribution is -0.187. The maximum Gasteiger partial charge on any atom is 0.154 e. The van der Waals surface area contributed by atoms with Crippen LogP contribution in [0.1, 0.15) is 197 Å². The summed E-state index contributed by atoms with van der Waals surface area (Å²) in [5.74, 6) is 5.98. The first-order valence-electron chi connectivity index (χ1n) is 26.3. The third-order valence-corrected chi connectivity index (χ3v) is 13.3. The molecule has 6 unspecified atom stereocenters. The van der Waals surface area contributed by atoms with Crippen LogP contribution in [0.25, 0.3) is 0 Å². The molecule has 65 heavy (non-hydrogen) atoms. The summed E-state index contributed by atoms with van der Waals surface area (Å²) in [4.78, 5) is 0. The van der Waals surface area contributed by atoms with Crippen LogP contribution in [0.2, 0.25) is 0 Å². The van der Waals surface area contributed by atoms with Gasteiger partial charge in [-0.2, -0.15) is 0 Å². The van der Waals surface area contributed by atoms with E-state index < -0.39 is 0 Å². The van der Waals surface area contributed by atoms with Gasteiger partial charge in [-0.3, -0.25) is 0 Å². The number of ether oxygens (including phenoxy) is 4. The third-order valence-electron chi connectivity index (χ3n) is 13.3. The summed E-state index contributed by atoms with van der Waals surface area (Å²) in [6, 6.07) is 13.7. The molecular weight excluding hydrogens is 804 g/mol. The molecule has 4 nitrogen and oxygen atoms in total. The minimum atomic E-state index is -0.116. The standard InChI is InChI=1S/C8H9F.C8H16.2C8H14.C8H10.2C7H14O.C6H12O2.H2/c1-6-3-4-7(2)8(9)5-6;4*1-7-3-5-8(2)6-4-7;2*1-6-3-4-7(2)8-5-6;1-5-3-7-6(2)8-4-5;/h3-5H,1-2H3;7-8H,3-6H2,1-2H3;2*3,8H,4-6H2,1-2H3;3-6H,1-2H3;2*6-7H,3-5H2,1-2H3;5-6H,3-4H2,1-2H3;1H. The minimum absolute atomic E-state index is 0. The summed E-state index contributed by atoms with van der Waals surface area (Å²) in [5, 5.41) is 0. The molecule has 2 aromatic rings. The van der Waals surface area contributed by atoms with Crippen molar-refractivity contribution < 1.29 is 24.8 Å². The molecule has 2 aromatic carbocycles. The second-order valence-electron chi connectivity index (χ2n) is 21.6. The summed E-state index contributed by atoms with van der Waals surface area (Å²) in [6.07, 6.45) is 25.0. The Morgan fingerprint density at radius 1 is 0.400 bits per heavy atom. The van der Waals surface area contributed by atoms with E-state index in [1.807, 2.05) is 19.9 Å². The maximum atomic E-state index is 12.6. The van der Waals surface area contributed by atoms with Gasteiger partial charge in [-0.1, -0.05) is 145 Å². The van der Waals surface area contributed by atoms with E-state index in [2.05, 4.69) is 126 Å². The summed E-state index contributed by atoms with van der Waals surface area (Å²) < 4.78 is 33.7. The van der Waals surface area contributed by atoms with Crippen LogP contribution in [-0.4, -0.2) is 44.9 Å². The van der Waals surface area contributed by atoms with E-state index in [0.29, 0.717) is 23.7 Å². The SMILES string of the molecule is CC1=CCC(C)CC1.CC1=CCC(C)CC1.CC1CCC(C)CC1.CC1CCC(C)OC1.CC1CCC(C)OC1.CC1COC(C)OC1.Cc1ccc(C)c(F)c1.Cc1ccc(C)cc1.[HH]. The van der Waals surface area contributed by atoms with Crippen LogP contribution in [-0.2, 0) is 18.9 Å². The van der Waals surface area contributed by atoms with Gasteiger partial charge in [0.25, 0.3) is 0 Å². The number of aryl methyl sites for hydroxylation is 4. The molecule has 4 fully saturated rings. The van der Waals surface area contributed by atoms with Gasteiger partial charge >= 0.3 is 0 Å². The lowest BCUT2D eigenvalue weighted by Gasteiger charge is -2.24. The Balaban J connectivity index is 0.000000730. The van der Waals surface area contributed by atoms with E-state index in [0.717, 1.165) is 67.5 Å². The first-order chi connectivity index (χ1) is 30.7. The van der Waals surface area contributed by atoms with Gasteiger partial charge in [0.1, 0.15) is 5.82 Å². The highest BCUT2D eigenvalue weighted by molar-refractivity contribution is 5.22. The number of hydrogen-bond acceptors (Lipinski definition) is 4. The van der Waals surface area contributed by atoms with Crippen molar-refractivity contribution >= 4 is 0 Å². The maximum absolute atomic E-state index is 12.6. The molecule has 0 N–H and O–H groups in total. The number of hydrogen-bond donors (Lipinski definition) is 0. The van der Waals surface area contributed by atoms with Gasteiger partial charge in [-0.15, -0.1) is 0 Å². The Kier molecular flexibility index (Phi) is 33.4. The summed E-state index contributed by atoms with van der Waals surface area (Å²) in [6.45, 7) is 38.1. The second kappa shape index (κ2) is 35.8. The van der Waals surface area contributed by atoms with Crippen molar-refractivity contribution in [3.05, 3.63) is 93.8 Å². The minimum Gasteiger partial charge on any atom is -0.378 e. The lowest BCUT2D eigenvalue weighted by Crippen LogP contribution is -2.27. The average Bonchev–Trinajstić information content (AvgIpc) is 3.28. The smallest absolute Gasteiger partial charge is 0.154 e. The zero-order chi connectivity index (χ0) is 48.7. The van der Waals surface area contributed by atoms with E-state index in [4.69, 9.17) is 18.9 Å². The van der Waals surface area contributed by atoms with Crippen molar-refractivity contribution in [2.45, 2.75) is 219 Å². The zero-order valence-electron chi connectivity index (χ0n) is 45.2. The van der Waals surface area contributed by atoms with Gasteiger partial charge in [0.15, 0.2) is 6.29 Å². The predicted molar refractivity (Wildman–Crippen MR) is 282 cm³/mol. The van der Waals surface area contributed by atoms with Crippen LogP contribution in [0, 0.1) is 74.9 Å². The molecule has 3 saturated heterocycles. The molecule has 376 valence electrons. The second-order valence-corrected chi connectivity index (χ2v) is 21.6. The van der Waals surface area contributed by atoms with Gasteiger partial charge in [0.2, 0.25) is 0 Å². The Morgan fingerprint density at radius 2 is 0.754 bits per heavy atom. The Bertz CT molecular complexity index is 1340. The van der Waals surface area contributed by atoms with Crippen LogP contribution < -0.4 is 0 Å². The quantitative estimate of drug-likeness (QED) is 0.247. The summed E-state index contributed by atoms with van der Waals surface area (Å²) in [7, 11) is 0. The number of benzene rings is 2. The van der Waals surface area contributed by atoms with Crippen LogP contribution in [0.15, 0.2) is 65.8 Å². The Hall–Kier alpha value is -2.31. The van der Waals surface area contributed by atoms with Crippen LogP contribution in [0.5, 0.6) is 0 Å². The van der Waals surface area contributed by atoms with Gasteiger partial charge in [0.05, 0.1) is 25.4 Å². The highest BCUT2D eigenvalue weighted by Crippen LogP contribution is 2.27. The summed E-state index contributed by atoms with van der Waals surface area (Å²) >= 11 is 0. The van der Waals surface area contributed by atoms with Crippen molar-refractivity contribution in [1.82, 2.24) is 0 Å². The topological polar surface area (TPSA) is 36.9 Å². The van der Waals surface area contributed by atoms with E-state index in [1.54, 1.807) is 24.1 Å². The predicted octanol–water partition coefficient (Wildman–Crippen LogP) is 18.0. The molecular formula is C60H105FO4. The van der Waals surface area contributed by atoms with Crippen molar-refractivity contribution in [1.29, 1.82) is 0 Å². The van der Waals surface area contributed by atoms with Crippen molar-refractivity contribution in [3.8, 4) is 0 Å². The average molecular weight is 909 g/mol. The Morgan fingerprint density at radius 3 is 1.02 bits per heavy atom. The molecule has 0 aromatic heterocycles. The van der Waals surface area contributed by atoms with Gasteiger partial charge in [0, 0.05) is 20.6 Å². The lowest BCUT2D eigenvalue weighted by atomic mass is 9.84. The van der Waals surface area contributed by atoms with Crippen molar-refractivity contribution in [2.75, 3.05) is 26.4 Å². The fraction of sp³-hybridized carbons (Fsp3) is 0.733. The highest BCUT2D eigenvalue weighted by atomic mass is 19.1. The third kappa shape index (κ3) is 33.8. The number of allylic oxidation sites excluding steroid dienone is 4. The van der Waals surface area contributed by atoms with E-state index in [1.165, 1.54) is 107 Å². The van der Waals surface area contributed by atoms with E-state index >= 15 is 0 Å². The molecule has 0 bridgehead atoms.